The Hall–Kier alpha value is -1.21. The average Bonchev–Trinajstić information content (AvgIpc) is 2.44. The number of likely N-dealkylation sites (tertiary alicyclic amines) is 1. The van der Waals surface area contributed by atoms with Gasteiger partial charge in [0.15, 0.2) is 0 Å². The molecule has 1 rings (SSSR count). The molecule has 0 aromatic rings. The Morgan fingerprint density at radius 2 is 2.15 bits per heavy atom. The van der Waals surface area contributed by atoms with Crippen molar-refractivity contribution in [2.75, 3.05) is 33.7 Å². The quantitative estimate of drug-likeness (QED) is 0.660. The number of nitrogens with one attached hydrogen (secondary N) is 1. The first-order valence-corrected chi connectivity index (χ1v) is 7.34. The molecule has 20 heavy (non-hydrogen) atoms. The van der Waals surface area contributed by atoms with Crippen LogP contribution in [0.3, 0.4) is 0 Å². The zero-order valence-electron chi connectivity index (χ0n) is 12.2. The van der Waals surface area contributed by atoms with Crippen LogP contribution >= 0.6 is 12.2 Å². The summed E-state index contributed by atoms with van der Waals surface area (Å²) in [6.45, 7) is 1.57. The SMILES string of the molecule is CNC(=O)C1CCCCN1CC(=O)N(C)CCC(N)=S. The first kappa shape index (κ1) is 16.8. The number of piperidine rings is 1. The Kier molecular flexibility index (Phi) is 6.87. The summed E-state index contributed by atoms with van der Waals surface area (Å²) in [6, 6.07) is -0.193. The molecule has 1 heterocycles. The second kappa shape index (κ2) is 8.16. The van der Waals surface area contributed by atoms with E-state index in [4.69, 9.17) is 18.0 Å². The van der Waals surface area contributed by atoms with E-state index in [1.807, 2.05) is 4.90 Å². The van der Waals surface area contributed by atoms with E-state index in [-0.39, 0.29) is 24.4 Å². The highest BCUT2D eigenvalue weighted by Crippen LogP contribution is 2.17. The third-order valence-electron chi connectivity index (χ3n) is 3.62. The predicted octanol–water partition coefficient (Wildman–Crippen LogP) is -0.278. The fraction of sp³-hybridized carbons (Fsp3) is 0.769. The molecule has 1 aliphatic rings. The number of hydrogen-bond donors (Lipinski definition) is 2. The van der Waals surface area contributed by atoms with Crippen molar-refractivity contribution in [2.24, 2.45) is 5.73 Å². The molecule has 3 N–H and O–H groups in total. The zero-order chi connectivity index (χ0) is 15.1. The van der Waals surface area contributed by atoms with E-state index in [0.717, 1.165) is 25.8 Å². The van der Waals surface area contributed by atoms with Crippen LogP contribution in [-0.4, -0.2) is 66.4 Å². The van der Waals surface area contributed by atoms with Crippen LogP contribution in [0.25, 0.3) is 0 Å². The van der Waals surface area contributed by atoms with Crippen LogP contribution in [0, 0.1) is 0 Å². The minimum absolute atomic E-state index is 0.00273. The smallest absolute Gasteiger partial charge is 0.237 e. The second-order valence-corrected chi connectivity index (χ2v) is 5.65. The molecule has 1 atom stereocenters. The molecular formula is C13H24N4O2S. The fourth-order valence-corrected chi connectivity index (χ4v) is 2.43. The number of amides is 2. The van der Waals surface area contributed by atoms with Crippen molar-refractivity contribution in [3.8, 4) is 0 Å². The molecule has 6 nitrogen and oxygen atoms in total. The van der Waals surface area contributed by atoms with Crippen LogP contribution < -0.4 is 11.1 Å². The summed E-state index contributed by atoms with van der Waals surface area (Å²) in [5, 5.41) is 2.67. The highest BCUT2D eigenvalue weighted by Gasteiger charge is 2.29. The normalized spacial score (nSPS) is 19.4. The van der Waals surface area contributed by atoms with Crippen molar-refractivity contribution in [1.82, 2.24) is 15.1 Å². The van der Waals surface area contributed by atoms with Crippen molar-refractivity contribution < 1.29 is 9.59 Å². The molecule has 2 amide bonds. The summed E-state index contributed by atoms with van der Waals surface area (Å²) < 4.78 is 0. The molecule has 0 aromatic carbocycles. The molecule has 0 bridgehead atoms. The van der Waals surface area contributed by atoms with Crippen molar-refractivity contribution in [2.45, 2.75) is 31.7 Å². The van der Waals surface area contributed by atoms with Gasteiger partial charge < -0.3 is 16.0 Å². The standard InChI is InChI=1S/C13H24N4O2S/c1-15-13(19)10-5-3-4-7-17(10)9-12(18)16(2)8-6-11(14)20/h10H,3-9H2,1-2H3,(H2,14,20)(H,15,19). The maximum Gasteiger partial charge on any atom is 0.237 e. The summed E-state index contributed by atoms with van der Waals surface area (Å²) in [6.07, 6.45) is 3.39. The molecule has 7 heteroatoms. The van der Waals surface area contributed by atoms with E-state index in [2.05, 4.69) is 5.32 Å². The lowest BCUT2D eigenvalue weighted by molar-refractivity contribution is -0.134. The van der Waals surface area contributed by atoms with Crippen molar-refractivity contribution in [3.05, 3.63) is 0 Å². The number of hydrogen-bond acceptors (Lipinski definition) is 4. The van der Waals surface area contributed by atoms with E-state index in [1.54, 1.807) is 19.0 Å². The third-order valence-corrected chi connectivity index (χ3v) is 3.82. The molecule has 0 spiro atoms. The van der Waals surface area contributed by atoms with E-state index in [9.17, 15) is 9.59 Å². The van der Waals surface area contributed by atoms with Crippen LogP contribution in [0.2, 0.25) is 0 Å². The average molecular weight is 300 g/mol. The first-order chi connectivity index (χ1) is 9.45. The van der Waals surface area contributed by atoms with Gasteiger partial charge in [0.25, 0.3) is 0 Å². The lowest BCUT2D eigenvalue weighted by Crippen LogP contribution is -2.52. The van der Waals surface area contributed by atoms with Gasteiger partial charge in [-0.1, -0.05) is 18.6 Å². The summed E-state index contributed by atoms with van der Waals surface area (Å²) in [7, 11) is 3.37. The maximum absolute atomic E-state index is 12.1. The van der Waals surface area contributed by atoms with Gasteiger partial charge in [-0.25, -0.2) is 0 Å². The van der Waals surface area contributed by atoms with E-state index < -0.39 is 0 Å². The molecule has 1 aliphatic heterocycles. The summed E-state index contributed by atoms with van der Waals surface area (Å²) in [5.41, 5.74) is 5.44. The van der Waals surface area contributed by atoms with Gasteiger partial charge in [-0.3, -0.25) is 14.5 Å². The van der Waals surface area contributed by atoms with Crippen LogP contribution in [0.5, 0.6) is 0 Å². The minimum atomic E-state index is -0.193. The summed E-state index contributed by atoms with van der Waals surface area (Å²) in [5.74, 6) is -0.0136. The Labute approximate surface area is 125 Å². The fourth-order valence-electron chi connectivity index (χ4n) is 2.34. The van der Waals surface area contributed by atoms with Gasteiger partial charge in [-0.15, -0.1) is 0 Å². The minimum Gasteiger partial charge on any atom is -0.393 e. The van der Waals surface area contributed by atoms with Crippen LogP contribution in [0.4, 0.5) is 0 Å². The molecule has 0 radical (unpaired) electrons. The Bertz CT molecular complexity index is 375. The number of carbonyl (C=O) groups excluding carboxylic acids is 2. The van der Waals surface area contributed by atoms with Gasteiger partial charge in [0.2, 0.25) is 11.8 Å². The largest absolute Gasteiger partial charge is 0.393 e. The van der Waals surface area contributed by atoms with Crippen molar-refractivity contribution >= 4 is 29.0 Å². The van der Waals surface area contributed by atoms with Gasteiger partial charge in [0, 0.05) is 27.1 Å². The Morgan fingerprint density at radius 3 is 2.75 bits per heavy atom. The van der Waals surface area contributed by atoms with E-state index in [0.29, 0.717) is 18.0 Å². The van der Waals surface area contributed by atoms with Gasteiger partial charge >= 0.3 is 0 Å². The molecule has 1 fully saturated rings. The van der Waals surface area contributed by atoms with Crippen LogP contribution in [0.1, 0.15) is 25.7 Å². The monoisotopic (exact) mass is 300 g/mol. The molecule has 1 unspecified atom stereocenters. The van der Waals surface area contributed by atoms with Gasteiger partial charge in [-0.05, 0) is 19.4 Å². The molecule has 0 aliphatic carbocycles. The lowest BCUT2D eigenvalue weighted by Gasteiger charge is -2.34. The Balaban J connectivity index is 2.53. The van der Waals surface area contributed by atoms with Crippen LogP contribution in [0.15, 0.2) is 0 Å². The first-order valence-electron chi connectivity index (χ1n) is 6.93. The summed E-state index contributed by atoms with van der Waals surface area (Å²) >= 11 is 4.81. The molecule has 1 saturated heterocycles. The Morgan fingerprint density at radius 1 is 1.45 bits per heavy atom. The van der Waals surface area contributed by atoms with Crippen molar-refractivity contribution in [1.29, 1.82) is 0 Å². The maximum atomic E-state index is 12.1. The van der Waals surface area contributed by atoms with Gasteiger partial charge in [0.1, 0.15) is 0 Å². The topological polar surface area (TPSA) is 78.7 Å². The van der Waals surface area contributed by atoms with Gasteiger partial charge in [0.05, 0.1) is 17.6 Å². The number of likely N-dealkylation sites (N-methyl/N-ethyl adjacent to an activating group) is 2. The van der Waals surface area contributed by atoms with Crippen molar-refractivity contribution in [3.63, 3.8) is 0 Å². The molecule has 0 aromatic heterocycles. The highest BCUT2D eigenvalue weighted by molar-refractivity contribution is 7.80. The number of thiocarbonyl (C=S) groups is 1. The number of nitrogens with zero attached hydrogens (tertiary/aromatic N) is 2. The second-order valence-electron chi connectivity index (χ2n) is 5.13. The lowest BCUT2D eigenvalue weighted by atomic mass is 10.0. The summed E-state index contributed by atoms with van der Waals surface area (Å²) in [4.78, 5) is 28.0. The predicted molar refractivity (Wildman–Crippen MR) is 82.3 cm³/mol. The van der Waals surface area contributed by atoms with E-state index in [1.165, 1.54) is 0 Å². The number of nitrogens with two attached hydrogens (primary N) is 1. The third kappa shape index (κ3) is 5.05. The molecule has 114 valence electrons. The van der Waals surface area contributed by atoms with Gasteiger partial charge in [-0.2, -0.15) is 0 Å². The molecule has 0 saturated carbocycles. The zero-order valence-corrected chi connectivity index (χ0v) is 13.0. The van der Waals surface area contributed by atoms with Crippen LogP contribution in [-0.2, 0) is 9.59 Å². The number of carbonyl (C=O) groups is 2. The molecular weight excluding hydrogens is 276 g/mol. The van der Waals surface area contributed by atoms with E-state index >= 15 is 0 Å². The number of rotatable bonds is 6. The highest BCUT2D eigenvalue weighted by atomic mass is 32.1.